The summed E-state index contributed by atoms with van der Waals surface area (Å²) in [5.74, 6) is -1.16. The SMILES string of the molecule is Cc1nc(C(F)(F)F)nc2nc[nH]c12. The fourth-order valence-electron chi connectivity index (χ4n) is 1.10. The van der Waals surface area contributed by atoms with Crippen molar-refractivity contribution in [1.82, 2.24) is 19.9 Å². The van der Waals surface area contributed by atoms with Gasteiger partial charge in [-0.15, -0.1) is 0 Å². The van der Waals surface area contributed by atoms with Crippen LogP contribution in [0.2, 0.25) is 0 Å². The van der Waals surface area contributed by atoms with E-state index < -0.39 is 12.0 Å². The quantitative estimate of drug-likeness (QED) is 0.707. The summed E-state index contributed by atoms with van der Waals surface area (Å²) in [5.41, 5.74) is 0.697. The Balaban J connectivity index is 2.70. The van der Waals surface area contributed by atoms with Gasteiger partial charge in [-0.1, -0.05) is 0 Å². The third-order valence-corrected chi connectivity index (χ3v) is 1.72. The van der Waals surface area contributed by atoms with Crippen LogP contribution in [0.25, 0.3) is 11.2 Å². The maximum Gasteiger partial charge on any atom is 0.451 e. The number of H-pyrrole nitrogens is 1. The molecule has 74 valence electrons. The van der Waals surface area contributed by atoms with Crippen molar-refractivity contribution in [2.24, 2.45) is 0 Å². The van der Waals surface area contributed by atoms with E-state index in [1.807, 2.05) is 0 Å². The summed E-state index contributed by atoms with van der Waals surface area (Å²) >= 11 is 0. The Morgan fingerprint density at radius 1 is 1.29 bits per heavy atom. The summed E-state index contributed by atoms with van der Waals surface area (Å²) in [4.78, 5) is 12.9. The van der Waals surface area contributed by atoms with Gasteiger partial charge in [0, 0.05) is 0 Å². The summed E-state index contributed by atoms with van der Waals surface area (Å²) in [5, 5.41) is 0. The summed E-state index contributed by atoms with van der Waals surface area (Å²) < 4.78 is 36.7. The largest absolute Gasteiger partial charge is 0.451 e. The van der Waals surface area contributed by atoms with Gasteiger partial charge in [0.25, 0.3) is 0 Å². The van der Waals surface area contributed by atoms with Crippen molar-refractivity contribution in [3.8, 4) is 0 Å². The number of fused-ring (bicyclic) bond motifs is 1. The topological polar surface area (TPSA) is 54.5 Å². The number of rotatable bonds is 0. The molecule has 0 spiro atoms. The zero-order valence-electron chi connectivity index (χ0n) is 7.05. The first kappa shape index (κ1) is 8.92. The first-order chi connectivity index (χ1) is 6.48. The standard InChI is InChI=1S/C7H5F3N4/c1-3-4-5(12-2-11-4)14-6(13-3)7(8,9)10/h2H,1H3,(H,11,12,13,14). The summed E-state index contributed by atoms with van der Waals surface area (Å²) in [6.07, 6.45) is -3.25. The van der Waals surface area contributed by atoms with Crippen LogP contribution in [0.1, 0.15) is 11.5 Å². The third kappa shape index (κ3) is 1.30. The molecule has 0 amide bonds. The van der Waals surface area contributed by atoms with Gasteiger partial charge in [-0.2, -0.15) is 13.2 Å². The van der Waals surface area contributed by atoms with Crippen LogP contribution in [0.3, 0.4) is 0 Å². The molecule has 2 aromatic heterocycles. The molecule has 0 aliphatic rings. The smallest absolute Gasteiger partial charge is 0.342 e. The minimum absolute atomic E-state index is 0.0322. The number of nitrogens with zero attached hydrogens (tertiary/aromatic N) is 3. The van der Waals surface area contributed by atoms with Crippen LogP contribution in [0.5, 0.6) is 0 Å². The third-order valence-electron chi connectivity index (χ3n) is 1.72. The maximum absolute atomic E-state index is 12.2. The minimum Gasteiger partial charge on any atom is -0.342 e. The molecule has 2 aromatic rings. The average molecular weight is 202 g/mol. The lowest BCUT2D eigenvalue weighted by Crippen LogP contribution is -2.11. The Labute approximate surface area is 76.2 Å². The first-order valence-corrected chi connectivity index (χ1v) is 3.73. The first-order valence-electron chi connectivity index (χ1n) is 3.73. The van der Waals surface area contributed by atoms with E-state index in [0.717, 1.165) is 0 Å². The molecule has 2 heterocycles. The number of hydrogen-bond acceptors (Lipinski definition) is 3. The highest BCUT2D eigenvalue weighted by atomic mass is 19.4. The van der Waals surface area contributed by atoms with E-state index >= 15 is 0 Å². The monoisotopic (exact) mass is 202 g/mol. The molecule has 0 aromatic carbocycles. The summed E-state index contributed by atoms with van der Waals surface area (Å²) in [6.45, 7) is 1.47. The molecule has 0 saturated heterocycles. The van der Waals surface area contributed by atoms with E-state index in [9.17, 15) is 13.2 Å². The number of aromatic amines is 1. The Kier molecular flexibility index (Phi) is 1.70. The van der Waals surface area contributed by atoms with Gasteiger partial charge < -0.3 is 4.98 Å². The number of imidazole rings is 1. The molecule has 0 saturated carbocycles. The second-order valence-corrected chi connectivity index (χ2v) is 2.73. The molecule has 0 fully saturated rings. The normalized spacial score (nSPS) is 12.3. The van der Waals surface area contributed by atoms with Crippen molar-refractivity contribution in [1.29, 1.82) is 0 Å². The Bertz CT molecular complexity index is 473. The van der Waals surface area contributed by atoms with E-state index in [1.54, 1.807) is 0 Å². The van der Waals surface area contributed by atoms with Gasteiger partial charge in [0.2, 0.25) is 5.82 Å². The molecular weight excluding hydrogens is 197 g/mol. The second-order valence-electron chi connectivity index (χ2n) is 2.73. The molecule has 0 atom stereocenters. The van der Waals surface area contributed by atoms with Gasteiger partial charge in [-0.25, -0.2) is 15.0 Å². The molecule has 4 nitrogen and oxygen atoms in total. The highest BCUT2D eigenvalue weighted by Crippen LogP contribution is 2.27. The lowest BCUT2D eigenvalue weighted by atomic mass is 10.4. The number of alkyl halides is 3. The van der Waals surface area contributed by atoms with E-state index in [2.05, 4.69) is 19.9 Å². The van der Waals surface area contributed by atoms with E-state index in [1.165, 1.54) is 13.3 Å². The van der Waals surface area contributed by atoms with Crippen LogP contribution in [-0.2, 0) is 6.18 Å². The predicted molar refractivity (Wildman–Crippen MR) is 41.4 cm³/mol. The van der Waals surface area contributed by atoms with Crippen molar-refractivity contribution in [2.75, 3.05) is 0 Å². The van der Waals surface area contributed by atoms with Crippen molar-refractivity contribution in [3.05, 3.63) is 17.8 Å². The van der Waals surface area contributed by atoms with Crippen LogP contribution in [-0.4, -0.2) is 19.9 Å². The Morgan fingerprint density at radius 2 is 2.00 bits per heavy atom. The van der Waals surface area contributed by atoms with Crippen LogP contribution in [0.4, 0.5) is 13.2 Å². The number of aromatic nitrogens is 4. The number of halogens is 3. The van der Waals surface area contributed by atoms with Gasteiger partial charge in [0.1, 0.15) is 5.52 Å². The molecule has 2 rings (SSSR count). The highest BCUT2D eigenvalue weighted by Gasteiger charge is 2.35. The van der Waals surface area contributed by atoms with Crippen LogP contribution >= 0.6 is 0 Å². The van der Waals surface area contributed by atoms with E-state index in [-0.39, 0.29) is 11.3 Å². The molecule has 0 aliphatic carbocycles. The van der Waals surface area contributed by atoms with Gasteiger partial charge >= 0.3 is 6.18 Å². The van der Waals surface area contributed by atoms with Crippen molar-refractivity contribution >= 4 is 11.2 Å². The second kappa shape index (κ2) is 2.66. The van der Waals surface area contributed by atoms with Crippen molar-refractivity contribution < 1.29 is 13.2 Å². The fourth-order valence-corrected chi connectivity index (χ4v) is 1.10. The zero-order chi connectivity index (χ0) is 10.3. The van der Waals surface area contributed by atoms with E-state index in [0.29, 0.717) is 5.52 Å². The van der Waals surface area contributed by atoms with Gasteiger partial charge in [-0.05, 0) is 6.92 Å². The van der Waals surface area contributed by atoms with Gasteiger partial charge in [0.15, 0.2) is 5.65 Å². The number of nitrogens with one attached hydrogen (secondary N) is 1. The van der Waals surface area contributed by atoms with Gasteiger partial charge in [-0.3, -0.25) is 0 Å². The minimum atomic E-state index is -4.53. The zero-order valence-corrected chi connectivity index (χ0v) is 7.05. The van der Waals surface area contributed by atoms with E-state index in [4.69, 9.17) is 0 Å². The Morgan fingerprint density at radius 3 is 2.64 bits per heavy atom. The molecule has 0 aliphatic heterocycles. The van der Waals surface area contributed by atoms with Crippen molar-refractivity contribution in [3.63, 3.8) is 0 Å². The number of aryl methyl sites for hydroxylation is 1. The molecular formula is C7H5F3N4. The lowest BCUT2D eigenvalue weighted by Gasteiger charge is -2.04. The van der Waals surface area contributed by atoms with Gasteiger partial charge in [0.05, 0.1) is 12.0 Å². The molecule has 14 heavy (non-hydrogen) atoms. The van der Waals surface area contributed by atoms with Crippen molar-refractivity contribution in [2.45, 2.75) is 13.1 Å². The predicted octanol–water partition coefficient (Wildman–Crippen LogP) is 1.68. The number of hydrogen-bond donors (Lipinski definition) is 1. The lowest BCUT2D eigenvalue weighted by molar-refractivity contribution is -0.144. The molecule has 0 unspecified atom stereocenters. The summed E-state index contributed by atoms with van der Waals surface area (Å²) in [7, 11) is 0. The fraction of sp³-hybridized carbons (Fsp3) is 0.286. The average Bonchev–Trinajstić information content (AvgIpc) is 2.50. The molecule has 0 radical (unpaired) electrons. The van der Waals surface area contributed by atoms with Crippen LogP contribution in [0, 0.1) is 6.92 Å². The van der Waals surface area contributed by atoms with Crippen LogP contribution in [0.15, 0.2) is 6.33 Å². The molecule has 7 heteroatoms. The summed E-state index contributed by atoms with van der Waals surface area (Å²) in [6, 6.07) is 0. The highest BCUT2D eigenvalue weighted by molar-refractivity contribution is 5.72. The maximum atomic E-state index is 12.2. The van der Waals surface area contributed by atoms with Crippen LogP contribution < -0.4 is 0 Å². The molecule has 1 N–H and O–H groups in total. The molecule has 0 bridgehead atoms. The Hall–Kier alpha value is -1.66.